The highest BCUT2D eigenvalue weighted by Crippen LogP contribution is 2.27. The number of hydrogen-bond donors (Lipinski definition) is 0. The van der Waals surface area contributed by atoms with Gasteiger partial charge in [0.2, 0.25) is 5.91 Å². The lowest BCUT2D eigenvalue weighted by molar-refractivity contribution is -0.135. The Balaban J connectivity index is 1.41. The molecular formula is C21H21N3O. The molecule has 4 nitrogen and oxygen atoms in total. The Morgan fingerprint density at radius 2 is 1.80 bits per heavy atom. The quantitative estimate of drug-likeness (QED) is 0.850. The third-order valence-corrected chi connectivity index (χ3v) is 5.34. The predicted octanol–water partition coefficient (Wildman–Crippen LogP) is 2.97. The zero-order chi connectivity index (χ0) is 17.2. The summed E-state index contributed by atoms with van der Waals surface area (Å²) < 4.78 is 0. The predicted molar refractivity (Wildman–Crippen MR) is 97.0 cm³/mol. The van der Waals surface area contributed by atoms with Crippen LogP contribution >= 0.6 is 0 Å². The fourth-order valence-corrected chi connectivity index (χ4v) is 3.89. The van der Waals surface area contributed by atoms with Crippen molar-refractivity contribution in [3.63, 3.8) is 0 Å². The van der Waals surface area contributed by atoms with E-state index in [2.05, 4.69) is 35.2 Å². The van der Waals surface area contributed by atoms with E-state index in [1.54, 1.807) is 0 Å². The molecule has 25 heavy (non-hydrogen) atoms. The van der Waals surface area contributed by atoms with Gasteiger partial charge in [-0.25, -0.2) is 0 Å². The second-order valence-electron chi connectivity index (χ2n) is 6.87. The molecule has 0 aromatic heterocycles. The largest absolute Gasteiger partial charge is 0.371 e. The Kier molecular flexibility index (Phi) is 4.15. The molecule has 2 aromatic rings. The molecule has 2 aliphatic rings. The number of nitriles is 1. The number of nitrogens with zero attached hydrogens (tertiary/aromatic N) is 3. The Labute approximate surface area is 148 Å². The molecule has 0 aliphatic carbocycles. The average molecular weight is 331 g/mol. The number of benzene rings is 2. The minimum Gasteiger partial charge on any atom is -0.371 e. The summed E-state index contributed by atoms with van der Waals surface area (Å²) >= 11 is 0. The van der Waals surface area contributed by atoms with Crippen molar-refractivity contribution in [2.75, 3.05) is 24.5 Å². The van der Waals surface area contributed by atoms with E-state index in [9.17, 15) is 4.79 Å². The van der Waals surface area contributed by atoms with Crippen LogP contribution < -0.4 is 4.90 Å². The third-order valence-electron chi connectivity index (χ3n) is 5.34. The highest BCUT2D eigenvalue weighted by molar-refractivity contribution is 5.80. The minimum atomic E-state index is 0.0703. The molecule has 1 fully saturated rings. The number of fused-ring (bicyclic) bond motifs is 1. The van der Waals surface area contributed by atoms with Crippen LogP contribution in [0.5, 0.6) is 0 Å². The highest BCUT2D eigenvalue weighted by atomic mass is 16.2. The van der Waals surface area contributed by atoms with E-state index >= 15 is 0 Å². The Morgan fingerprint density at radius 1 is 1.04 bits per heavy atom. The summed E-state index contributed by atoms with van der Waals surface area (Å²) in [5.41, 5.74) is 4.42. The van der Waals surface area contributed by atoms with Gasteiger partial charge in [0.15, 0.2) is 0 Å². The van der Waals surface area contributed by atoms with Crippen molar-refractivity contribution in [1.29, 1.82) is 5.26 Å². The van der Waals surface area contributed by atoms with Gasteiger partial charge in [-0.3, -0.25) is 4.79 Å². The van der Waals surface area contributed by atoms with Crippen LogP contribution in [0.2, 0.25) is 0 Å². The first-order valence-corrected chi connectivity index (χ1v) is 8.85. The van der Waals surface area contributed by atoms with Gasteiger partial charge in [0.25, 0.3) is 0 Å². The molecule has 126 valence electrons. The first-order valence-electron chi connectivity index (χ1n) is 8.85. The Bertz CT molecular complexity index is 822. The summed E-state index contributed by atoms with van der Waals surface area (Å²) in [5, 5.41) is 8.91. The molecular weight excluding hydrogens is 310 g/mol. The van der Waals surface area contributed by atoms with Crippen LogP contribution in [0.15, 0.2) is 48.5 Å². The SMILES string of the molecule is N#Cc1ccc(N2CCC(C(=O)N3CCc4ccccc4C3)C2)cc1. The van der Waals surface area contributed by atoms with Crippen LogP contribution in [-0.2, 0) is 17.8 Å². The molecule has 4 heteroatoms. The monoisotopic (exact) mass is 331 g/mol. The lowest BCUT2D eigenvalue weighted by Crippen LogP contribution is -2.40. The zero-order valence-electron chi connectivity index (χ0n) is 14.2. The number of amides is 1. The molecule has 2 heterocycles. The Hall–Kier alpha value is -2.80. The normalized spacial score (nSPS) is 19.4. The van der Waals surface area contributed by atoms with Crippen LogP contribution in [-0.4, -0.2) is 30.4 Å². The molecule has 2 aliphatic heterocycles. The summed E-state index contributed by atoms with van der Waals surface area (Å²) in [7, 11) is 0. The Morgan fingerprint density at radius 3 is 2.56 bits per heavy atom. The minimum absolute atomic E-state index is 0.0703. The summed E-state index contributed by atoms with van der Waals surface area (Å²) in [6.45, 7) is 3.22. The maximum Gasteiger partial charge on any atom is 0.227 e. The molecule has 0 saturated carbocycles. The highest BCUT2D eigenvalue weighted by Gasteiger charge is 2.32. The van der Waals surface area contributed by atoms with E-state index in [4.69, 9.17) is 5.26 Å². The van der Waals surface area contributed by atoms with Gasteiger partial charge in [-0.05, 0) is 48.2 Å². The van der Waals surface area contributed by atoms with Crippen molar-refractivity contribution in [2.24, 2.45) is 5.92 Å². The van der Waals surface area contributed by atoms with Crippen molar-refractivity contribution in [1.82, 2.24) is 4.90 Å². The summed E-state index contributed by atoms with van der Waals surface area (Å²) in [6, 6.07) is 18.2. The number of rotatable bonds is 2. The van der Waals surface area contributed by atoms with Gasteiger partial charge in [-0.2, -0.15) is 5.26 Å². The van der Waals surface area contributed by atoms with E-state index < -0.39 is 0 Å². The molecule has 1 saturated heterocycles. The summed E-state index contributed by atoms with van der Waals surface area (Å²) in [5.74, 6) is 0.353. The molecule has 0 bridgehead atoms. The van der Waals surface area contributed by atoms with E-state index in [1.807, 2.05) is 29.2 Å². The lowest BCUT2D eigenvalue weighted by Gasteiger charge is -2.31. The molecule has 1 amide bonds. The first kappa shape index (κ1) is 15.7. The molecule has 1 unspecified atom stereocenters. The number of carbonyl (C=O) groups is 1. The molecule has 0 N–H and O–H groups in total. The third kappa shape index (κ3) is 3.10. The van der Waals surface area contributed by atoms with Crippen LogP contribution in [0.3, 0.4) is 0 Å². The van der Waals surface area contributed by atoms with Gasteiger partial charge in [-0.15, -0.1) is 0 Å². The topological polar surface area (TPSA) is 47.3 Å². The summed E-state index contributed by atoms with van der Waals surface area (Å²) in [6.07, 6.45) is 1.85. The number of anilines is 1. The van der Waals surface area contributed by atoms with E-state index in [1.165, 1.54) is 11.1 Å². The second-order valence-corrected chi connectivity index (χ2v) is 6.87. The van der Waals surface area contributed by atoms with Crippen molar-refractivity contribution in [3.05, 3.63) is 65.2 Å². The average Bonchev–Trinajstić information content (AvgIpc) is 3.17. The van der Waals surface area contributed by atoms with Gasteiger partial charge in [0, 0.05) is 31.9 Å². The van der Waals surface area contributed by atoms with E-state index in [-0.39, 0.29) is 11.8 Å². The van der Waals surface area contributed by atoms with Gasteiger partial charge < -0.3 is 9.80 Å². The van der Waals surface area contributed by atoms with Crippen LogP contribution in [0.1, 0.15) is 23.1 Å². The first-order chi connectivity index (χ1) is 12.2. The maximum absolute atomic E-state index is 12.9. The van der Waals surface area contributed by atoms with Crippen LogP contribution in [0.4, 0.5) is 5.69 Å². The molecule has 1 atom stereocenters. The lowest BCUT2D eigenvalue weighted by atomic mass is 9.98. The van der Waals surface area contributed by atoms with Crippen LogP contribution in [0, 0.1) is 17.2 Å². The summed E-state index contributed by atoms with van der Waals surface area (Å²) in [4.78, 5) is 17.2. The standard InChI is InChI=1S/C21H21N3O/c22-13-16-5-7-20(8-6-16)23-11-10-19(15-23)21(25)24-12-9-17-3-1-2-4-18(17)14-24/h1-8,19H,9-12,14-15H2. The number of carbonyl (C=O) groups excluding carboxylic acids is 1. The van der Waals surface area contributed by atoms with E-state index in [0.717, 1.165) is 44.7 Å². The van der Waals surface area contributed by atoms with Gasteiger partial charge >= 0.3 is 0 Å². The van der Waals surface area contributed by atoms with Gasteiger partial charge in [0.05, 0.1) is 17.6 Å². The van der Waals surface area contributed by atoms with Crippen molar-refractivity contribution in [3.8, 4) is 6.07 Å². The smallest absolute Gasteiger partial charge is 0.227 e. The van der Waals surface area contributed by atoms with Crippen molar-refractivity contribution >= 4 is 11.6 Å². The molecule has 0 radical (unpaired) electrons. The van der Waals surface area contributed by atoms with E-state index in [0.29, 0.717) is 5.56 Å². The number of hydrogen-bond acceptors (Lipinski definition) is 3. The van der Waals surface area contributed by atoms with Crippen molar-refractivity contribution < 1.29 is 4.79 Å². The zero-order valence-corrected chi connectivity index (χ0v) is 14.2. The second kappa shape index (κ2) is 6.60. The molecule has 2 aromatic carbocycles. The molecule has 0 spiro atoms. The van der Waals surface area contributed by atoms with Crippen molar-refractivity contribution in [2.45, 2.75) is 19.4 Å². The maximum atomic E-state index is 12.9. The fraction of sp³-hybridized carbons (Fsp3) is 0.333. The molecule has 4 rings (SSSR count). The van der Waals surface area contributed by atoms with Gasteiger partial charge in [0.1, 0.15) is 0 Å². The van der Waals surface area contributed by atoms with Crippen LogP contribution in [0.25, 0.3) is 0 Å². The van der Waals surface area contributed by atoms with Gasteiger partial charge in [-0.1, -0.05) is 24.3 Å². The fourth-order valence-electron chi connectivity index (χ4n) is 3.89.